The van der Waals surface area contributed by atoms with Crippen LogP contribution in [0.15, 0.2) is 36.5 Å². The molecule has 1 aromatic carbocycles. The lowest BCUT2D eigenvalue weighted by molar-refractivity contribution is 0.509. The molecule has 0 amide bonds. The van der Waals surface area contributed by atoms with Crippen LogP contribution in [0.2, 0.25) is 5.02 Å². The highest BCUT2D eigenvalue weighted by molar-refractivity contribution is 6.30. The average Bonchev–Trinajstić information content (AvgIpc) is 2.22. The maximum absolute atomic E-state index is 12.9. The van der Waals surface area contributed by atoms with Gasteiger partial charge in [0.15, 0.2) is 11.6 Å². The first-order valence-electron chi connectivity index (χ1n) is 4.24. The summed E-state index contributed by atoms with van der Waals surface area (Å²) in [4.78, 5) is 4.01. The second kappa shape index (κ2) is 3.95. The molecule has 0 aliphatic heterocycles. The van der Waals surface area contributed by atoms with E-state index < -0.39 is 11.6 Å². The summed E-state index contributed by atoms with van der Waals surface area (Å²) in [6, 6.07) is 6.82. The third kappa shape index (κ3) is 2.13. The number of hydrogen-bond donors (Lipinski definition) is 0. The summed E-state index contributed by atoms with van der Waals surface area (Å²) in [7, 11) is 0. The Labute approximate surface area is 90.3 Å². The standard InChI is InChI=1S/C11H6ClF2N/c12-8-3-4-15-11(6-8)7-1-2-9(13)10(14)5-7/h1-6H. The molecule has 76 valence electrons. The Kier molecular flexibility index (Phi) is 2.64. The molecule has 0 aliphatic carbocycles. The molecule has 0 spiro atoms. The largest absolute Gasteiger partial charge is 0.256 e. The van der Waals surface area contributed by atoms with Crippen molar-refractivity contribution >= 4 is 11.6 Å². The summed E-state index contributed by atoms with van der Waals surface area (Å²) in [6.07, 6.45) is 1.51. The molecule has 1 heterocycles. The van der Waals surface area contributed by atoms with Crippen molar-refractivity contribution in [1.29, 1.82) is 0 Å². The number of hydrogen-bond acceptors (Lipinski definition) is 1. The summed E-state index contributed by atoms with van der Waals surface area (Å²) < 4.78 is 25.6. The maximum atomic E-state index is 12.9. The van der Waals surface area contributed by atoms with Gasteiger partial charge in [-0.15, -0.1) is 0 Å². The van der Waals surface area contributed by atoms with Gasteiger partial charge in [-0.25, -0.2) is 8.78 Å². The molecule has 0 saturated carbocycles. The molecule has 15 heavy (non-hydrogen) atoms. The van der Waals surface area contributed by atoms with Gasteiger partial charge in [-0.1, -0.05) is 11.6 Å². The Morgan fingerprint density at radius 1 is 1.00 bits per heavy atom. The van der Waals surface area contributed by atoms with Crippen LogP contribution in [0.3, 0.4) is 0 Å². The number of benzene rings is 1. The highest BCUT2D eigenvalue weighted by atomic mass is 35.5. The molecular weight excluding hydrogens is 220 g/mol. The van der Waals surface area contributed by atoms with Gasteiger partial charge in [0, 0.05) is 16.8 Å². The highest BCUT2D eigenvalue weighted by Crippen LogP contribution is 2.21. The third-order valence-corrected chi connectivity index (χ3v) is 2.17. The van der Waals surface area contributed by atoms with Crippen LogP contribution in [0, 0.1) is 11.6 Å². The molecule has 4 heteroatoms. The van der Waals surface area contributed by atoms with Crippen LogP contribution in [0.1, 0.15) is 0 Å². The highest BCUT2D eigenvalue weighted by Gasteiger charge is 2.05. The second-order valence-electron chi connectivity index (χ2n) is 2.99. The van der Waals surface area contributed by atoms with Gasteiger partial charge in [-0.05, 0) is 30.3 Å². The van der Waals surface area contributed by atoms with Crippen molar-refractivity contribution in [3.05, 3.63) is 53.2 Å². The first-order valence-corrected chi connectivity index (χ1v) is 4.61. The van der Waals surface area contributed by atoms with Gasteiger partial charge < -0.3 is 0 Å². The zero-order valence-electron chi connectivity index (χ0n) is 7.55. The fraction of sp³-hybridized carbons (Fsp3) is 0. The van der Waals surface area contributed by atoms with E-state index in [1.807, 2.05) is 0 Å². The SMILES string of the molecule is Fc1ccc(-c2cc(Cl)ccn2)cc1F. The fourth-order valence-electron chi connectivity index (χ4n) is 1.22. The van der Waals surface area contributed by atoms with E-state index in [-0.39, 0.29) is 0 Å². The lowest BCUT2D eigenvalue weighted by atomic mass is 10.1. The van der Waals surface area contributed by atoms with Crippen molar-refractivity contribution in [1.82, 2.24) is 4.98 Å². The number of pyridine rings is 1. The predicted molar refractivity (Wildman–Crippen MR) is 54.6 cm³/mol. The molecule has 0 aliphatic rings. The molecule has 1 aromatic heterocycles. The zero-order chi connectivity index (χ0) is 10.8. The molecule has 2 rings (SSSR count). The van der Waals surface area contributed by atoms with Gasteiger partial charge in [-0.2, -0.15) is 0 Å². The Morgan fingerprint density at radius 3 is 2.47 bits per heavy atom. The number of nitrogens with zero attached hydrogens (tertiary/aromatic N) is 1. The Hall–Kier alpha value is -1.48. The quantitative estimate of drug-likeness (QED) is 0.722. The van der Waals surface area contributed by atoms with E-state index in [1.165, 1.54) is 12.3 Å². The summed E-state index contributed by atoms with van der Waals surface area (Å²) in [5.74, 6) is -1.77. The molecule has 0 N–H and O–H groups in total. The Morgan fingerprint density at radius 2 is 1.80 bits per heavy atom. The first-order chi connectivity index (χ1) is 7.16. The Balaban J connectivity index is 2.50. The van der Waals surface area contributed by atoms with Crippen molar-refractivity contribution in [2.24, 2.45) is 0 Å². The van der Waals surface area contributed by atoms with Gasteiger partial charge in [0.2, 0.25) is 0 Å². The van der Waals surface area contributed by atoms with Crippen LogP contribution in [0.4, 0.5) is 8.78 Å². The summed E-state index contributed by atoms with van der Waals surface area (Å²) in [5.41, 5.74) is 1.01. The number of aromatic nitrogens is 1. The summed E-state index contributed by atoms with van der Waals surface area (Å²) >= 11 is 5.76. The van der Waals surface area contributed by atoms with Crippen molar-refractivity contribution in [2.45, 2.75) is 0 Å². The van der Waals surface area contributed by atoms with E-state index in [0.717, 1.165) is 12.1 Å². The van der Waals surface area contributed by atoms with Gasteiger partial charge >= 0.3 is 0 Å². The van der Waals surface area contributed by atoms with Crippen molar-refractivity contribution in [3.63, 3.8) is 0 Å². The monoisotopic (exact) mass is 225 g/mol. The Bertz CT molecular complexity index is 500. The lowest BCUT2D eigenvalue weighted by Crippen LogP contribution is -1.87. The van der Waals surface area contributed by atoms with Crippen LogP contribution >= 0.6 is 11.6 Å². The second-order valence-corrected chi connectivity index (χ2v) is 3.42. The fourth-order valence-corrected chi connectivity index (χ4v) is 1.38. The van der Waals surface area contributed by atoms with Crippen LogP contribution in [-0.4, -0.2) is 4.98 Å². The molecule has 0 atom stereocenters. The minimum absolute atomic E-state index is 0.497. The smallest absolute Gasteiger partial charge is 0.159 e. The van der Waals surface area contributed by atoms with E-state index in [1.54, 1.807) is 12.1 Å². The molecule has 0 bridgehead atoms. The van der Waals surface area contributed by atoms with E-state index >= 15 is 0 Å². The molecular formula is C11H6ClF2N. The molecule has 2 aromatic rings. The van der Waals surface area contributed by atoms with Gasteiger partial charge in [0.1, 0.15) is 0 Å². The number of halogens is 3. The predicted octanol–water partition coefficient (Wildman–Crippen LogP) is 3.68. The van der Waals surface area contributed by atoms with Crippen molar-refractivity contribution < 1.29 is 8.78 Å². The minimum Gasteiger partial charge on any atom is -0.256 e. The molecule has 0 unspecified atom stereocenters. The van der Waals surface area contributed by atoms with E-state index in [2.05, 4.69) is 4.98 Å². The number of rotatable bonds is 1. The summed E-state index contributed by atoms with van der Waals surface area (Å²) in [5, 5.41) is 0.504. The summed E-state index contributed by atoms with van der Waals surface area (Å²) in [6.45, 7) is 0. The van der Waals surface area contributed by atoms with E-state index in [0.29, 0.717) is 16.3 Å². The maximum Gasteiger partial charge on any atom is 0.159 e. The lowest BCUT2D eigenvalue weighted by Gasteiger charge is -2.01. The van der Waals surface area contributed by atoms with Gasteiger partial charge in [0.25, 0.3) is 0 Å². The molecule has 0 radical (unpaired) electrons. The molecule has 1 nitrogen and oxygen atoms in total. The topological polar surface area (TPSA) is 12.9 Å². The normalized spacial score (nSPS) is 10.3. The van der Waals surface area contributed by atoms with Crippen LogP contribution < -0.4 is 0 Å². The van der Waals surface area contributed by atoms with Gasteiger partial charge in [0.05, 0.1) is 5.69 Å². The van der Waals surface area contributed by atoms with Gasteiger partial charge in [-0.3, -0.25) is 4.98 Å². The third-order valence-electron chi connectivity index (χ3n) is 1.94. The first kappa shape index (κ1) is 10.1. The van der Waals surface area contributed by atoms with Crippen LogP contribution in [0.25, 0.3) is 11.3 Å². The van der Waals surface area contributed by atoms with Crippen LogP contribution in [0.5, 0.6) is 0 Å². The molecule has 0 fully saturated rings. The minimum atomic E-state index is -0.894. The van der Waals surface area contributed by atoms with Crippen molar-refractivity contribution in [3.8, 4) is 11.3 Å². The molecule has 0 saturated heterocycles. The van der Waals surface area contributed by atoms with Crippen molar-refractivity contribution in [2.75, 3.05) is 0 Å². The zero-order valence-corrected chi connectivity index (χ0v) is 8.30. The average molecular weight is 226 g/mol. The van der Waals surface area contributed by atoms with E-state index in [9.17, 15) is 8.78 Å². The van der Waals surface area contributed by atoms with E-state index in [4.69, 9.17) is 11.6 Å². The van der Waals surface area contributed by atoms with Crippen LogP contribution in [-0.2, 0) is 0 Å².